The van der Waals surface area contributed by atoms with E-state index in [1.54, 1.807) is 12.1 Å². The summed E-state index contributed by atoms with van der Waals surface area (Å²) in [5.74, 6) is 1.15. The van der Waals surface area contributed by atoms with Crippen molar-refractivity contribution >= 4 is 27.5 Å². The number of halogens is 3. The molecular formula is C15H18BrClFN. The van der Waals surface area contributed by atoms with Crippen molar-refractivity contribution in [1.29, 1.82) is 0 Å². The number of hydrogen-bond donors (Lipinski definition) is 1. The predicted molar refractivity (Wildman–Crippen MR) is 79.7 cm³/mol. The Kier molecular flexibility index (Phi) is 3.65. The fourth-order valence-electron chi connectivity index (χ4n) is 3.48. The van der Waals surface area contributed by atoms with Crippen LogP contribution in [0.15, 0.2) is 16.6 Å². The maximum absolute atomic E-state index is 14.4. The van der Waals surface area contributed by atoms with Gasteiger partial charge in [0.25, 0.3) is 0 Å². The molecular weight excluding hydrogens is 329 g/mol. The highest BCUT2D eigenvalue weighted by Gasteiger charge is 2.42. The molecule has 1 aromatic rings. The van der Waals surface area contributed by atoms with E-state index in [9.17, 15) is 4.39 Å². The van der Waals surface area contributed by atoms with E-state index in [4.69, 9.17) is 17.3 Å². The minimum absolute atomic E-state index is 0.149. The molecule has 0 amide bonds. The summed E-state index contributed by atoms with van der Waals surface area (Å²) in [5.41, 5.74) is 6.59. The van der Waals surface area contributed by atoms with Crippen molar-refractivity contribution in [2.75, 3.05) is 0 Å². The van der Waals surface area contributed by atoms with Gasteiger partial charge in [0.15, 0.2) is 0 Å². The summed E-state index contributed by atoms with van der Waals surface area (Å²) < 4.78 is 15.0. The highest BCUT2D eigenvalue weighted by molar-refractivity contribution is 9.10. The highest BCUT2D eigenvalue weighted by Crippen LogP contribution is 2.49. The molecule has 2 atom stereocenters. The first kappa shape index (κ1) is 13.8. The molecule has 1 nitrogen and oxygen atoms in total. The summed E-state index contributed by atoms with van der Waals surface area (Å²) in [5, 5.41) is 0.149. The third kappa shape index (κ3) is 2.57. The summed E-state index contributed by atoms with van der Waals surface area (Å²) in [6.45, 7) is 0. The van der Waals surface area contributed by atoms with Crippen molar-refractivity contribution in [3.8, 4) is 0 Å². The SMILES string of the molecule is NC1(c2ccc(Br)c(Cl)c2F)CCCC(C2CC2)C1. The van der Waals surface area contributed by atoms with E-state index in [2.05, 4.69) is 15.9 Å². The summed E-state index contributed by atoms with van der Waals surface area (Å²) in [6.07, 6.45) is 6.73. The van der Waals surface area contributed by atoms with Crippen LogP contribution in [0.1, 0.15) is 44.1 Å². The minimum atomic E-state index is -0.542. The zero-order valence-electron chi connectivity index (χ0n) is 10.8. The fourth-order valence-corrected chi connectivity index (χ4v) is 3.95. The normalized spacial score (nSPS) is 31.5. The Morgan fingerprint density at radius 3 is 2.68 bits per heavy atom. The number of nitrogens with two attached hydrogens (primary N) is 1. The molecule has 0 spiro atoms. The van der Waals surface area contributed by atoms with E-state index in [0.29, 0.717) is 16.0 Å². The summed E-state index contributed by atoms with van der Waals surface area (Å²) >= 11 is 9.25. The fraction of sp³-hybridized carbons (Fsp3) is 0.600. The first-order valence-electron chi connectivity index (χ1n) is 6.94. The van der Waals surface area contributed by atoms with E-state index in [-0.39, 0.29) is 10.8 Å². The summed E-state index contributed by atoms with van der Waals surface area (Å²) in [6, 6.07) is 3.59. The Morgan fingerprint density at radius 1 is 1.26 bits per heavy atom. The van der Waals surface area contributed by atoms with Crippen LogP contribution in [0.3, 0.4) is 0 Å². The Balaban J connectivity index is 1.93. The van der Waals surface area contributed by atoms with Gasteiger partial charge in [-0.15, -0.1) is 0 Å². The second-order valence-corrected chi connectivity index (χ2v) is 7.31. The van der Waals surface area contributed by atoms with Gasteiger partial charge >= 0.3 is 0 Å². The molecule has 2 fully saturated rings. The van der Waals surface area contributed by atoms with Crippen molar-refractivity contribution in [3.63, 3.8) is 0 Å². The van der Waals surface area contributed by atoms with Crippen LogP contribution in [-0.4, -0.2) is 0 Å². The molecule has 4 heteroatoms. The summed E-state index contributed by atoms with van der Waals surface area (Å²) in [4.78, 5) is 0. The third-order valence-electron chi connectivity index (χ3n) is 4.68. The zero-order chi connectivity index (χ0) is 13.6. The molecule has 2 unspecified atom stereocenters. The van der Waals surface area contributed by atoms with Crippen molar-refractivity contribution < 1.29 is 4.39 Å². The molecule has 2 N–H and O–H groups in total. The maximum Gasteiger partial charge on any atom is 0.147 e. The van der Waals surface area contributed by atoms with Crippen molar-refractivity contribution in [1.82, 2.24) is 0 Å². The number of benzene rings is 1. The quantitative estimate of drug-likeness (QED) is 0.750. The van der Waals surface area contributed by atoms with Gasteiger partial charge in [0.2, 0.25) is 0 Å². The number of hydrogen-bond acceptors (Lipinski definition) is 1. The Hall–Kier alpha value is -0.120. The molecule has 0 aromatic heterocycles. The lowest BCUT2D eigenvalue weighted by Crippen LogP contribution is -2.42. The van der Waals surface area contributed by atoms with E-state index in [1.807, 2.05) is 0 Å². The van der Waals surface area contributed by atoms with Gasteiger partial charge in [0, 0.05) is 15.6 Å². The van der Waals surface area contributed by atoms with Gasteiger partial charge in [-0.05, 0) is 59.5 Å². The first-order chi connectivity index (χ1) is 9.01. The highest BCUT2D eigenvalue weighted by atomic mass is 79.9. The smallest absolute Gasteiger partial charge is 0.147 e. The maximum atomic E-state index is 14.4. The monoisotopic (exact) mass is 345 g/mol. The van der Waals surface area contributed by atoms with E-state index in [0.717, 1.165) is 25.2 Å². The van der Waals surface area contributed by atoms with Gasteiger partial charge in [-0.3, -0.25) is 0 Å². The largest absolute Gasteiger partial charge is 0.321 e. The second kappa shape index (κ2) is 5.01. The molecule has 2 saturated carbocycles. The first-order valence-corrected chi connectivity index (χ1v) is 8.11. The lowest BCUT2D eigenvalue weighted by atomic mass is 9.71. The minimum Gasteiger partial charge on any atom is -0.321 e. The van der Waals surface area contributed by atoms with Crippen LogP contribution in [0.4, 0.5) is 4.39 Å². The average molecular weight is 347 g/mol. The lowest BCUT2D eigenvalue weighted by molar-refractivity contribution is 0.202. The van der Waals surface area contributed by atoms with Crippen LogP contribution in [0.25, 0.3) is 0 Å². The molecule has 104 valence electrons. The Labute approximate surface area is 126 Å². The van der Waals surface area contributed by atoms with Crippen LogP contribution in [0.5, 0.6) is 0 Å². The molecule has 0 radical (unpaired) electrons. The Bertz CT molecular complexity index is 503. The van der Waals surface area contributed by atoms with Gasteiger partial charge < -0.3 is 5.73 Å². The third-order valence-corrected chi connectivity index (χ3v) is 5.94. The molecule has 0 saturated heterocycles. The molecule has 0 aliphatic heterocycles. The van der Waals surface area contributed by atoms with Crippen LogP contribution < -0.4 is 5.73 Å². The van der Waals surface area contributed by atoms with E-state index >= 15 is 0 Å². The predicted octanol–water partition coefficient (Wildman–Crippen LogP) is 5.00. The van der Waals surface area contributed by atoms with Crippen LogP contribution in [0.2, 0.25) is 5.02 Å². The van der Waals surface area contributed by atoms with Crippen molar-refractivity contribution in [3.05, 3.63) is 33.0 Å². The molecule has 2 aliphatic carbocycles. The van der Waals surface area contributed by atoms with Crippen LogP contribution in [0, 0.1) is 17.7 Å². The lowest BCUT2D eigenvalue weighted by Gasteiger charge is -2.39. The average Bonchev–Trinajstić information content (AvgIpc) is 3.20. The molecule has 0 heterocycles. The van der Waals surface area contributed by atoms with Gasteiger partial charge in [0.1, 0.15) is 5.82 Å². The zero-order valence-corrected chi connectivity index (χ0v) is 13.1. The number of rotatable bonds is 2. The van der Waals surface area contributed by atoms with Gasteiger partial charge in [-0.1, -0.05) is 30.5 Å². The molecule has 2 aliphatic rings. The van der Waals surface area contributed by atoms with E-state index in [1.165, 1.54) is 19.3 Å². The second-order valence-electron chi connectivity index (χ2n) is 6.07. The Morgan fingerprint density at radius 2 is 2.00 bits per heavy atom. The molecule has 1 aromatic carbocycles. The topological polar surface area (TPSA) is 26.0 Å². The van der Waals surface area contributed by atoms with Gasteiger partial charge in [-0.25, -0.2) is 4.39 Å². The van der Waals surface area contributed by atoms with Gasteiger partial charge in [-0.2, -0.15) is 0 Å². The molecule has 0 bridgehead atoms. The van der Waals surface area contributed by atoms with Gasteiger partial charge in [0.05, 0.1) is 5.02 Å². The van der Waals surface area contributed by atoms with Crippen molar-refractivity contribution in [2.24, 2.45) is 17.6 Å². The van der Waals surface area contributed by atoms with Crippen LogP contribution >= 0.6 is 27.5 Å². The molecule has 3 rings (SSSR count). The standard InChI is InChI=1S/C15H18BrClFN/c16-12-6-5-11(14(18)13(12)17)15(19)7-1-2-10(8-15)9-3-4-9/h5-6,9-10H,1-4,7-8,19H2. The van der Waals surface area contributed by atoms with Crippen LogP contribution in [-0.2, 0) is 5.54 Å². The van der Waals surface area contributed by atoms with E-state index < -0.39 is 5.54 Å². The summed E-state index contributed by atoms with van der Waals surface area (Å²) in [7, 11) is 0. The molecule has 19 heavy (non-hydrogen) atoms. The van der Waals surface area contributed by atoms with Crippen molar-refractivity contribution in [2.45, 2.75) is 44.1 Å².